The number of benzene rings is 1. The second kappa shape index (κ2) is 5.13. The molecule has 0 aliphatic carbocycles. The average Bonchev–Trinajstić information content (AvgIpc) is 2.35. The fourth-order valence-electron chi connectivity index (χ4n) is 1.40. The highest BCUT2D eigenvalue weighted by Crippen LogP contribution is 2.32. The lowest BCUT2D eigenvalue weighted by atomic mass is 10.2. The van der Waals surface area contributed by atoms with Crippen molar-refractivity contribution in [3.05, 3.63) is 46.1 Å². The Labute approximate surface area is 114 Å². The molecular weight excluding hydrogens is 271 g/mol. The number of nitrogens with zero attached hydrogens (tertiary/aromatic N) is 2. The Kier molecular flexibility index (Phi) is 3.56. The summed E-state index contributed by atoms with van der Waals surface area (Å²) in [5.74, 6) is 0.363. The Balaban J connectivity index is 2.44. The minimum Gasteiger partial charge on any atom is -0.397 e. The Morgan fingerprint density at radius 3 is 2.56 bits per heavy atom. The van der Waals surface area contributed by atoms with Gasteiger partial charge in [-0.05, 0) is 18.2 Å². The number of rotatable bonds is 2. The van der Waals surface area contributed by atoms with Crippen LogP contribution in [0.1, 0.15) is 5.56 Å². The lowest BCUT2D eigenvalue weighted by molar-refractivity contribution is 1.29. The second-order valence-electron chi connectivity index (χ2n) is 3.50. The molecule has 0 spiro atoms. The highest BCUT2D eigenvalue weighted by atomic mass is 35.5. The summed E-state index contributed by atoms with van der Waals surface area (Å²) in [5.41, 5.74) is 6.82. The highest BCUT2D eigenvalue weighted by Gasteiger charge is 2.09. The van der Waals surface area contributed by atoms with Gasteiger partial charge in [-0.3, -0.25) is 0 Å². The van der Waals surface area contributed by atoms with E-state index in [2.05, 4.69) is 10.3 Å². The van der Waals surface area contributed by atoms with Crippen molar-refractivity contribution in [1.82, 2.24) is 4.98 Å². The minimum absolute atomic E-state index is 0.325. The monoisotopic (exact) mass is 278 g/mol. The van der Waals surface area contributed by atoms with Crippen LogP contribution in [0.2, 0.25) is 10.0 Å². The molecule has 1 aromatic carbocycles. The van der Waals surface area contributed by atoms with E-state index >= 15 is 0 Å². The SMILES string of the molecule is N#Cc1cc(N)cnc1Nc1c(Cl)cccc1Cl. The van der Waals surface area contributed by atoms with Crippen molar-refractivity contribution in [2.24, 2.45) is 0 Å². The highest BCUT2D eigenvalue weighted by molar-refractivity contribution is 6.39. The number of hydrogen-bond donors (Lipinski definition) is 2. The Hall–Kier alpha value is -1.96. The van der Waals surface area contributed by atoms with Gasteiger partial charge in [0.15, 0.2) is 0 Å². The first-order valence-electron chi connectivity index (χ1n) is 4.98. The van der Waals surface area contributed by atoms with Crippen LogP contribution < -0.4 is 11.1 Å². The largest absolute Gasteiger partial charge is 0.397 e. The number of anilines is 3. The Bertz CT molecular complexity index is 614. The molecule has 0 bridgehead atoms. The zero-order valence-corrected chi connectivity index (χ0v) is 10.6. The number of pyridine rings is 1. The van der Waals surface area contributed by atoms with Gasteiger partial charge in [0.2, 0.25) is 0 Å². The van der Waals surface area contributed by atoms with Crippen LogP contribution in [0.25, 0.3) is 0 Å². The third-order valence-corrected chi connectivity index (χ3v) is 2.87. The smallest absolute Gasteiger partial charge is 0.148 e. The fourth-order valence-corrected chi connectivity index (χ4v) is 1.89. The maximum Gasteiger partial charge on any atom is 0.148 e. The Morgan fingerprint density at radius 1 is 1.28 bits per heavy atom. The van der Waals surface area contributed by atoms with Crippen molar-refractivity contribution in [1.29, 1.82) is 5.26 Å². The molecular formula is C12H8Cl2N4. The lowest BCUT2D eigenvalue weighted by Crippen LogP contribution is -1.99. The third kappa shape index (κ3) is 2.48. The summed E-state index contributed by atoms with van der Waals surface area (Å²) in [6, 6.07) is 8.65. The fraction of sp³-hybridized carbons (Fsp3) is 0. The van der Waals surface area contributed by atoms with E-state index in [4.69, 9.17) is 34.2 Å². The van der Waals surface area contributed by atoms with Gasteiger partial charge in [0.05, 0.1) is 33.2 Å². The summed E-state index contributed by atoms with van der Waals surface area (Å²) in [6.07, 6.45) is 1.45. The number of nitriles is 1. The summed E-state index contributed by atoms with van der Waals surface area (Å²) in [7, 11) is 0. The molecule has 0 saturated carbocycles. The molecule has 4 nitrogen and oxygen atoms in total. The van der Waals surface area contributed by atoms with Crippen LogP contribution in [-0.4, -0.2) is 4.98 Å². The van der Waals surface area contributed by atoms with E-state index in [1.54, 1.807) is 18.2 Å². The van der Waals surface area contributed by atoms with Crippen molar-refractivity contribution in [3.8, 4) is 6.07 Å². The summed E-state index contributed by atoms with van der Waals surface area (Å²) in [4.78, 5) is 4.05. The number of nitrogen functional groups attached to an aromatic ring is 1. The van der Waals surface area contributed by atoms with Crippen LogP contribution in [0.3, 0.4) is 0 Å². The number of para-hydroxylation sites is 1. The van der Waals surface area contributed by atoms with Gasteiger partial charge >= 0.3 is 0 Å². The molecule has 0 atom stereocenters. The molecule has 90 valence electrons. The summed E-state index contributed by atoms with van der Waals surface area (Å²) in [5, 5.41) is 12.8. The third-order valence-electron chi connectivity index (χ3n) is 2.24. The average molecular weight is 279 g/mol. The van der Waals surface area contributed by atoms with Gasteiger partial charge in [0, 0.05) is 0 Å². The first kappa shape index (κ1) is 12.5. The van der Waals surface area contributed by atoms with Gasteiger partial charge in [-0.2, -0.15) is 5.26 Å². The van der Waals surface area contributed by atoms with E-state index in [1.807, 2.05) is 6.07 Å². The van der Waals surface area contributed by atoms with Crippen LogP contribution in [0.4, 0.5) is 17.2 Å². The second-order valence-corrected chi connectivity index (χ2v) is 4.31. The molecule has 3 N–H and O–H groups in total. The van der Waals surface area contributed by atoms with Crippen molar-refractivity contribution in [2.45, 2.75) is 0 Å². The van der Waals surface area contributed by atoms with Crippen LogP contribution >= 0.6 is 23.2 Å². The summed E-state index contributed by atoms with van der Waals surface area (Å²) in [6.45, 7) is 0. The molecule has 0 unspecified atom stereocenters. The molecule has 0 fully saturated rings. The van der Waals surface area contributed by atoms with E-state index in [9.17, 15) is 0 Å². The molecule has 2 rings (SSSR count). The zero-order chi connectivity index (χ0) is 13.1. The van der Waals surface area contributed by atoms with E-state index in [0.29, 0.717) is 32.8 Å². The topological polar surface area (TPSA) is 74.7 Å². The number of nitrogens with one attached hydrogen (secondary N) is 1. The number of aromatic nitrogens is 1. The van der Waals surface area contributed by atoms with Gasteiger partial charge in [-0.1, -0.05) is 29.3 Å². The van der Waals surface area contributed by atoms with Gasteiger partial charge < -0.3 is 11.1 Å². The summed E-state index contributed by atoms with van der Waals surface area (Å²) >= 11 is 12.0. The van der Waals surface area contributed by atoms with Crippen molar-refractivity contribution < 1.29 is 0 Å². The van der Waals surface area contributed by atoms with Crippen molar-refractivity contribution >= 4 is 40.4 Å². The van der Waals surface area contributed by atoms with Crippen LogP contribution in [0.15, 0.2) is 30.5 Å². The van der Waals surface area contributed by atoms with Crippen LogP contribution in [0.5, 0.6) is 0 Å². The van der Waals surface area contributed by atoms with E-state index in [0.717, 1.165) is 0 Å². The number of nitrogens with two attached hydrogens (primary N) is 1. The minimum atomic E-state index is 0.325. The Morgan fingerprint density at radius 2 is 1.94 bits per heavy atom. The summed E-state index contributed by atoms with van der Waals surface area (Å²) < 4.78 is 0. The maximum atomic E-state index is 9.01. The molecule has 1 heterocycles. The van der Waals surface area contributed by atoms with Gasteiger partial charge in [-0.25, -0.2) is 4.98 Å². The number of halogens is 2. The molecule has 2 aromatic rings. The molecule has 1 aromatic heterocycles. The van der Waals surface area contributed by atoms with Crippen LogP contribution in [-0.2, 0) is 0 Å². The standard InChI is InChI=1S/C12H8Cl2N4/c13-9-2-1-3-10(14)11(9)18-12-7(5-15)4-8(16)6-17-12/h1-4,6H,16H2,(H,17,18). The van der Waals surface area contributed by atoms with Crippen molar-refractivity contribution in [2.75, 3.05) is 11.1 Å². The quantitative estimate of drug-likeness (QED) is 0.880. The van der Waals surface area contributed by atoms with E-state index in [1.165, 1.54) is 12.3 Å². The van der Waals surface area contributed by atoms with Gasteiger partial charge in [0.25, 0.3) is 0 Å². The molecule has 0 aliphatic rings. The zero-order valence-electron chi connectivity index (χ0n) is 9.11. The first-order chi connectivity index (χ1) is 8.61. The van der Waals surface area contributed by atoms with E-state index < -0.39 is 0 Å². The maximum absolute atomic E-state index is 9.01. The lowest BCUT2D eigenvalue weighted by Gasteiger charge is -2.10. The normalized spacial score (nSPS) is 9.83. The van der Waals surface area contributed by atoms with E-state index in [-0.39, 0.29) is 0 Å². The molecule has 0 radical (unpaired) electrons. The molecule has 18 heavy (non-hydrogen) atoms. The number of hydrogen-bond acceptors (Lipinski definition) is 4. The molecule has 0 aliphatic heterocycles. The molecule has 0 saturated heterocycles. The first-order valence-corrected chi connectivity index (χ1v) is 5.74. The molecule has 6 heteroatoms. The van der Waals surface area contributed by atoms with Gasteiger partial charge in [0.1, 0.15) is 11.9 Å². The predicted molar refractivity (Wildman–Crippen MR) is 73.1 cm³/mol. The molecule has 0 amide bonds. The van der Waals surface area contributed by atoms with Gasteiger partial charge in [-0.15, -0.1) is 0 Å². The van der Waals surface area contributed by atoms with Crippen molar-refractivity contribution in [3.63, 3.8) is 0 Å². The predicted octanol–water partition coefficient (Wildman–Crippen LogP) is 3.59. The van der Waals surface area contributed by atoms with Crippen LogP contribution in [0, 0.1) is 11.3 Å².